The normalized spacial score (nSPS) is 16.4. The predicted molar refractivity (Wildman–Crippen MR) is 92.3 cm³/mol. The van der Waals surface area contributed by atoms with Crippen LogP contribution in [0.5, 0.6) is 11.5 Å². The number of nitrogens with zero attached hydrogens (tertiary/aromatic N) is 2. The zero-order valence-corrected chi connectivity index (χ0v) is 14.6. The van der Waals surface area contributed by atoms with Crippen molar-refractivity contribution < 1.29 is 14.6 Å². The Morgan fingerprint density at radius 3 is 2.62 bits per heavy atom. The van der Waals surface area contributed by atoms with Gasteiger partial charge in [-0.1, -0.05) is 0 Å². The maximum absolute atomic E-state index is 9.74. The number of hydrogen-bond acceptors (Lipinski definition) is 6. The second kappa shape index (κ2) is 7.12. The van der Waals surface area contributed by atoms with E-state index in [1.165, 1.54) is 10.4 Å². The lowest BCUT2D eigenvalue weighted by Gasteiger charge is -2.32. The van der Waals surface area contributed by atoms with Crippen molar-refractivity contribution in [3.63, 3.8) is 0 Å². The van der Waals surface area contributed by atoms with E-state index in [0.29, 0.717) is 17.9 Å². The first-order chi connectivity index (χ1) is 11.7. The zero-order chi connectivity index (χ0) is 17.1. The van der Waals surface area contributed by atoms with Crippen LogP contribution >= 0.6 is 11.3 Å². The lowest BCUT2D eigenvalue weighted by Crippen LogP contribution is -2.32. The number of aliphatic hydroxyl groups is 1. The molecule has 24 heavy (non-hydrogen) atoms. The summed E-state index contributed by atoms with van der Waals surface area (Å²) in [5.74, 6) is 1.23. The van der Waals surface area contributed by atoms with Gasteiger partial charge in [-0.05, 0) is 46.7 Å². The fourth-order valence-electron chi connectivity index (χ4n) is 3.24. The molecule has 1 atom stereocenters. The van der Waals surface area contributed by atoms with E-state index in [9.17, 15) is 10.4 Å². The van der Waals surface area contributed by atoms with Gasteiger partial charge in [0.25, 0.3) is 0 Å². The van der Waals surface area contributed by atoms with Gasteiger partial charge in [-0.2, -0.15) is 5.26 Å². The van der Waals surface area contributed by atoms with E-state index in [4.69, 9.17) is 9.47 Å². The molecular weight excluding hydrogens is 324 g/mol. The van der Waals surface area contributed by atoms with Crippen LogP contribution in [0, 0.1) is 11.5 Å². The number of aliphatic hydroxyl groups excluding tert-OH is 1. The molecule has 0 radical (unpaired) electrons. The molecule has 0 amide bonds. The topological polar surface area (TPSA) is 65.7 Å². The minimum atomic E-state index is -0.0779. The van der Waals surface area contributed by atoms with Gasteiger partial charge in [0.15, 0.2) is 17.7 Å². The monoisotopic (exact) mass is 344 g/mol. The lowest BCUT2D eigenvalue weighted by atomic mass is 9.92. The van der Waals surface area contributed by atoms with Gasteiger partial charge in [0.1, 0.15) is 0 Å². The lowest BCUT2D eigenvalue weighted by molar-refractivity contribution is 0.266. The highest BCUT2D eigenvalue weighted by molar-refractivity contribution is 7.10. The van der Waals surface area contributed by atoms with Crippen molar-refractivity contribution >= 4 is 11.3 Å². The summed E-state index contributed by atoms with van der Waals surface area (Å²) in [6.07, 6.45) is 3.87. The Bertz CT molecular complexity index is 766. The van der Waals surface area contributed by atoms with Crippen LogP contribution in [0.4, 0.5) is 0 Å². The van der Waals surface area contributed by atoms with Gasteiger partial charge in [0.05, 0.1) is 26.9 Å². The summed E-state index contributed by atoms with van der Waals surface area (Å²) in [6, 6.07) is 5.81. The average molecular weight is 344 g/mol. The van der Waals surface area contributed by atoms with Crippen molar-refractivity contribution in [2.45, 2.75) is 25.5 Å². The van der Waals surface area contributed by atoms with E-state index in [1.54, 1.807) is 25.6 Å². The molecule has 1 N–H and O–H groups in total. The van der Waals surface area contributed by atoms with Crippen LogP contribution in [0.25, 0.3) is 0 Å². The second-order valence-electron chi connectivity index (χ2n) is 5.70. The molecule has 2 aromatic rings. The third kappa shape index (κ3) is 2.93. The molecule has 5 nitrogen and oxygen atoms in total. The molecule has 0 bridgehead atoms. The number of ether oxygens (including phenoxy) is 2. The van der Waals surface area contributed by atoms with Gasteiger partial charge in [-0.3, -0.25) is 0 Å². The predicted octanol–water partition coefficient (Wildman–Crippen LogP) is 2.88. The first kappa shape index (κ1) is 16.6. The number of hydrogen-bond donors (Lipinski definition) is 1. The summed E-state index contributed by atoms with van der Waals surface area (Å²) in [6.45, 7) is 0.655. The SMILES string of the molecule is COc1cc(CO)c(CC2c3ccsc3CCN2C#N)cc1OC. The smallest absolute Gasteiger partial charge is 0.179 e. The highest BCUT2D eigenvalue weighted by atomic mass is 32.1. The highest BCUT2D eigenvalue weighted by Gasteiger charge is 2.28. The van der Waals surface area contributed by atoms with Crippen LogP contribution in [-0.4, -0.2) is 30.8 Å². The summed E-state index contributed by atoms with van der Waals surface area (Å²) >= 11 is 1.75. The molecular formula is C18H20N2O3S. The summed E-state index contributed by atoms with van der Waals surface area (Å²) in [4.78, 5) is 3.17. The van der Waals surface area contributed by atoms with Crippen LogP contribution in [0.15, 0.2) is 23.6 Å². The molecule has 0 fully saturated rings. The Balaban J connectivity index is 2.00. The summed E-state index contributed by atoms with van der Waals surface area (Å²) in [5.41, 5.74) is 2.99. The fraction of sp³-hybridized carbons (Fsp3) is 0.389. The Kier molecular flexibility index (Phi) is 4.93. The third-order valence-electron chi connectivity index (χ3n) is 4.51. The molecule has 3 rings (SSSR count). The van der Waals surface area contributed by atoms with Crippen LogP contribution in [-0.2, 0) is 19.4 Å². The van der Waals surface area contributed by atoms with Gasteiger partial charge in [-0.25, -0.2) is 0 Å². The van der Waals surface area contributed by atoms with Gasteiger partial charge in [0, 0.05) is 17.8 Å². The summed E-state index contributed by atoms with van der Waals surface area (Å²) in [5, 5.41) is 21.3. The first-order valence-corrected chi connectivity index (χ1v) is 8.67. The van der Waals surface area contributed by atoms with Crippen LogP contribution in [0.1, 0.15) is 27.6 Å². The van der Waals surface area contributed by atoms with Crippen molar-refractivity contribution in [1.82, 2.24) is 4.90 Å². The molecule has 1 aliphatic heterocycles. The maximum Gasteiger partial charge on any atom is 0.179 e. The summed E-state index contributed by atoms with van der Waals surface area (Å²) in [7, 11) is 3.17. The zero-order valence-electron chi connectivity index (χ0n) is 13.8. The van der Waals surface area contributed by atoms with Crippen LogP contribution in [0.2, 0.25) is 0 Å². The number of benzene rings is 1. The van der Waals surface area contributed by atoms with Gasteiger partial charge in [0.2, 0.25) is 0 Å². The minimum absolute atomic E-state index is 0.00611. The van der Waals surface area contributed by atoms with E-state index in [-0.39, 0.29) is 12.6 Å². The molecule has 1 unspecified atom stereocenters. The Morgan fingerprint density at radius 2 is 2.00 bits per heavy atom. The van der Waals surface area contributed by atoms with Gasteiger partial charge in [-0.15, -0.1) is 11.3 Å². The average Bonchev–Trinajstić information content (AvgIpc) is 3.10. The number of thiophene rings is 1. The molecule has 1 aromatic heterocycles. The van der Waals surface area contributed by atoms with Gasteiger partial charge < -0.3 is 19.5 Å². The number of nitriles is 1. The quantitative estimate of drug-likeness (QED) is 0.845. The second-order valence-corrected chi connectivity index (χ2v) is 6.70. The standard InChI is InChI=1S/C18H20N2O3S/c1-22-16-8-12(13(10-21)9-17(16)23-2)7-15-14-4-6-24-18(14)3-5-20(15)11-19/h4,6,8-9,15,21H,3,5,7,10H2,1-2H3. The maximum atomic E-state index is 9.74. The van der Waals surface area contributed by atoms with Crippen molar-refractivity contribution in [3.05, 3.63) is 45.1 Å². The van der Waals surface area contributed by atoms with E-state index in [2.05, 4.69) is 17.6 Å². The molecule has 0 saturated carbocycles. The highest BCUT2D eigenvalue weighted by Crippen LogP contribution is 2.38. The molecule has 1 aliphatic rings. The molecule has 0 saturated heterocycles. The Labute approximate surface area is 145 Å². The summed E-state index contributed by atoms with van der Waals surface area (Å²) < 4.78 is 10.7. The number of fused-ring (bicyclic) bond motifs is 1. The fourth-order valence-corrected chi connectivity index (χ4v) is 4.17. The van der Waals surface area contributed by atoms with Crippen molar-refractivity contribution in [1.29, 1.82) is 5.26 Å². The van der Waals surface area contributed by atoms with Crippen LogP contribution < -0.4 is 9.47 Å². The van der Waals surface area contributed by atoms with E-state index in [1.807, 2.05) is 17.0 Å². The molecule has 2 heterocycles. The number of rotatable bonds is 5. The van der Waals surface area contributed by atoms with Crippen LogP contribution in [0.3, 0.4) is 0 Å². The number of methoxy groups -OCH3 is 2. The van der Waals surface area contributed by atoms with E-state index >= 15 is 0 Å². The van der Waals surface area contributed by atoms with E-state index in [0.717, 1.165) is 24.1 Å². The van der Waals surface area contributed by atoms with Crippen molar-refractivity contribution in [3.8, 4) is 17.7 Å². The largest absolute Gasteiger partial charge is 0.493 e. The van der Waals surface area contributed by atoms with Crippen molar-refractivity contribution in [2.75, 3.05) is 20.8 Å². The van der Waals surface area contributed by atoms with Gasteiger partial charge >= 0.3 is 0 Å². The first-order valence-electron chi connectivity index (χ1n) is 7.79. The molecule has 0 aliphatic carbocycles. The Hall–Kier alpha value is -2.23. The third-order valence-corrected chi connectivity index (χ3v) is 5.51. The molecule has 126 valence electrons. The van der Waals surface area contributed by atoms with E-state index < -0.39 is 0 Å². The molecule has 6 heteroatoms. The minimum Gasteiger partial charge on any atom is -0.493 e. The Morgan fingerprint density at radius 1 is 1.29 bits per heavy atom. The molecule has 0 spiro atoms. The molecule has 1 aromatic carbocycles. The van der Waals surface area contributed by atoms with Crippen molar-refractivity contribution in [2.24, 2.45) is 0 Å².